The fourth-order valence-corrected chi connectivity index (χ4v) is 2.94. The molecule has 0 saturated carbocycles. The largest absolute Gasteiger partial charge is 0.485 e. The Bertz CT molecular complexity index is 939. The van der Waals surface area contributed by atoms with Gasteiger partial charge in [0, 0.05) is 16.8 Å². The van der Waals surface area contributed by atoms with Crippen molar-refractivity contribution in [3.63, 3.8) is 0 Å². The summed E-state index contributed by atoms with van der Waals surface area (Å²) in [7, 11) is 0. The second-order valence-electron chi connectivity index (χ2n) is 6.70. The molecule has 1 heterocycles. The summed E-state index contributed by atoms with van der Waals surface area (Å²) in [5, 5.41) is 25.6. The van der Waals surface area contributed by atoms with Crippen LogP contribution in [0.5, 0.6) is 5.75 Å². The highest BCUT2D eigenvalue weighted by molar-refractivity contribution is 5.94. The Hall–Kier alpha value is -3.48. The Balaban J connectivity index is 2.05. The summed E-state index contributed by atoms with van der Waals surface area (Å²) >= 11 is 0. The standard InChI is InChI=1S/C21H20N4O2/c1-4-14-10-11-17-16(12-14)18(19(26)21(2,3)27-17)25-20(23-13-22)24-15-8-6-5-7-9-15/h1,5-12,18-19,26H,2-3H3,(H2,23,24,25)/t18-,19+/m1/s1. The van der Waals surface area contributed by atoms with Crippen LogP contribution in [-0.2, 0) is 0 Å². The van der Waals surface area contributed by atoms with Crippen molar-refractivity contribution >= 4 is 11.6 Å². The van der Waals surface area contributed by atoms with Crippen molar-refractivity contribution in [2.45, 2.75) is 31.6 Å². The lowest BCUT2D eigenvalue weighted by Gasteiger charge is -2.40. The average Bonchev–Trinajstić information content (AvgIpc) is 2.66. The van der Waals surface area contributed by atoms with E-state index in [-0.39, 0.29) is 5.96 Å². The van der Waals surface area contributed by atoms with Crippen LogP contribution in [0.3, 0.4) is 0 Å². The summed E-state index contributed by atoms with van der Waals surface area (Å²) in [5.41, 5.74) is 1.24. The van der Waals surface area contributed by atoms with Crippen LogP contribution < -0.4 is 15.4 Å². The van der Waals surface area contributed by atoms with E-state index in [1.807, 2.05) is 36.5 Å². The maximum Gasteiger partial charge on any atom is 0.209 e. The number of nitriles is 1. The zero-order valence-corrected chi connectivity index (χ0v) is 15.1. The number of anilines is 1. The van der Waals surface area contributed by atoms with Crippen LogP contribution >= 0.6 is 0 Å². The molecule has 3 N–H and O–H groups in total. The molecule has 2 aromatic rings. The van der Waals surface area contributed by atoms with E-state index in [1.165, 1.54) is 0 Å². The van der Waals surface area contributed by atoms with Gasteiger partial charge in [-0.25, -0.2) is 4.99 Å². The number of aliphatic hydroxyl groups is 1. The van der Waals surface area contributed by atoms with Crippen molar-refractivity contribution in [3.05, 3.63) is 59.7 Å². The van der Waals surface area contributed by atoms with Gasteiger partial charge in [0.15, 0.2) is 6.19 Å². The maximum atomic E-state index is 10.9. The molecular weight excluding hydrogens is 340 g/mol. The molecule has 0 fully saturated rings. The van der Waals surface area contributed by atoms with E-state index in [9.17, 15) is 5.11 Å². The number of rotatable bonds is 2. The van der Waals surface area contributed by atoms with Gasteiger partial charge in [0.1, 0.15) is 23.5 Å². The quantitative estimate of drug-likeness (QED) is 0.252. The minimum atomic E-state index is -0.939. The van der Waals surface area contributed by atoms with Gasteiger partial charge in [0.2, 0.25) is 5.96 Å². The summed E-state index contributed by atoms with van der Waals surface area (Å²) in [4.78, 5) is 4.59. The average molecular weight is 360 g/mol. The molecule has 0 spiro atoms. The van der Waals surface area contributed by atoms with Crippen molar-refractivity contribution < 1.29 is 9.84 Å². The van der Waals surface area contributed by atoms with Gasteiger partial charge >= 0.3 is 0 Å². The van der Waals surface area contributed by atoms with Gasteiger partial charge in [-0.2, -0.15) is 5.26 Å². The first-order chi connectivity index (χ1) is 12.9. The Morgan fingerprint density at radius 3 is 2.67 bits per heavy atom. The molecule has 2 atom stereocenters. The molecule has 0 bridgehead atoms. The Kier molecular flexibility index (Phi) is 5.03. The second kappa shape index (κ2) is 7.41. The van der Waals surface area contributed by atoms with E-state index in [4.69, 9.17) is 16.4 Å². The third-order valence-corrected chi connectivity index (χ3v) is 4.36. The number of nitrogens with one attached hydrogen (secondary N) is 2. The number of hydrogen-bond acceptors (Lipinski definition) is 4. The summed E-state index contributed by atoms with van der Waals surface area (Å²) in [6.45, 7) is 3.58. The number of aliphatic imine (C=N–C) groups is 1. The zero-order valence-electron chi connectivity index (χ0n) is 15.1. The van der Waals surface area contributed by atoms with Crippen molar-refractivity contribution in [2.75, 3.05) is 5.32 Å². The van der Waals surface area contributed by atoms with E-state index in [0.717, 1.165) is 5.69 Å². The lowest BCUT2D eigenvalue weighted by Crippen LogP contribution is -2.49. The summed E-state index contributed by atoms with van der Waals surface area (Å²) in [6.07, 6.45) is 6.44. The van der Waals surface area contributed by atoms with E-state index in [0.29, 0.717) is 16.9 Å². The molecule has 0 radical (unpaired) electrons. The third kappa shape index (κ3) is 3.87. The van der Waals surface area contributed by atoms with Gasteiger partial charge in [0.05, 0.1) is 0 Å². The number of guanidine groups is 1. The minimum Gasteiger partial charge on any atom is -0.485 e. The third-order valence-electron chi connectivity index (χ3n) is 4.36. The highest BCUT2D eigenvalue weighted by atomic mass is 16.5. The SMILES string of the molecule is C#Cc1ccc2c(c1)[C@@H](N=C(NC#N)Nc1ccccc1)[C@H](O)C(C)(C)O2. The van der Waals surface area contributed by atoms with Crippen LogP contribution in [0.15, 0.2) is 53.5 Å². The van der Waals surface area contributed by atoms with Crippen LogP contribution in [0.2, 0.25) is 0 Å². The zero-order chi connectivity index (χ0) is 19.4. The van der Waals surface area contributed by atoms with Gasteiger partial charge in [-0.05, 0) is 44.2 Å². The lowest BCUT2D eigenvalue weighted by atomic mass is 9.86. The number of aliphatic hydroxyl groups excluding tert-OH is 1. The molecule has 6 heteroatoms. The first-order valence-electron chi connectivity index (χ1n) is 8.47. The second-order valence-corrected chi connectivity index (χ2v) is 6.70. The van der Waals surface area contributed by atoms with Gasteiger partial charge in [-0.1, -0.05) is 24.1 Å². The van der Waals surface area contributed by atoms with Crippen molar-refractivity contribution in [1.82, 2.24) is 5.32 Å². The molecule has 0 aliphatic carbocycles. The summed E-state index contributed by atoms with van der Waals surface area (Å²) in [5.74, 6) is 3.41. The van der Waals surface area contributed by atoms with Gasteiger partial charge in [-0.3, -0.25) is 5.32 Å². The molecule has 27 heavy (non-hydrogen) atoms. The van der Waals surface area contributed by atoms with Crippen LogP contribution in [0.1, 0.15) is 31.0 Å². The van der Waals surface area contributed by atoms with Crippen molar-refractivity contribution in [2.24, 2.45) is 4.99 Å². The first kappa shape index (κ1) is 18.3. The molecule has 0 unspecified atom stereocenters. The molecule has 0 amide bonds. The molecule has 2 aromatic carbocycles. The minimum absolute atomic E-state index is 0.225. The normalized spacial score (nSPS) is 20.4. The summed E-state index contributed by atoms with van der Waals surface area (Å²) < 4.78 is 5.93. The fraction of sp³-hybridized carbons (Fsp3) is 0.238. The molecule has 0 aromatic heterocycles. The molecule has 6 nitrogen and oxygen atoms in total. The molecule has 3 rings (SSSR count). The summed E-state index contributed by atoms with van der Waals surface area (Å²) in [6, 6.07) is 14.0. The number of benzene rings is 2. The van der Waals surface area contributed by atoms with Crippen LogP contribution in [0, 0.1) is 23.8 Å². The Morgan fingerprint density at radius 2 is 2.00 bits per heavy atom. The van der Waals surface area contributed by atoms with Crippen LogP contribution in [-0.4, -0.2) is 22.8 Å². The van der Waals surface area contributed by atoms with E-state index >= 15 is 0 Å². The van der Waals surface area contributed by atoms with Crippen molar-refractivity contribution in [3.8, 4) is 24.3 Å². The van der Waals surface area contributed by atoms with E-state index in [1.54, 1.807) is 32.0 Å². The molecule has 136 valence electrons. The number of nitrogens with zero attached hydrogens (tertiary/aromatic N) is 2. The lowest BCUT2D eigenvalue weighted by molar-refractivity contribution is -0.0567. The molecule has 1 aliphatic rings. The highest BCUT2D eigenvalue weighted by Crippen LogP contribution is 2.42. The van der Waals surface area contributed by atoms with E-state index < -0.39 is 17.7 Å². The molecule has 1 aliphatic heterocycles. The topological polar surface area (TPSA) is 89.7 Å². The predicted molar refractivity (Wildman–Crippen MR) is 104 cm³/mol. The number of fused-ring (bicyclic) bond motifs is 1. The smallest absolute Gasteiger partial charge is 0.209 e. The number of ether oxygens (including phenoxy) is 1. The predicted octanol–water partition coefficient (Wildman–Crippen LogP) is 2.78. The Labute approximate surface area is 158 Å². The van der Waals surface area contributed by atoms with Gasteiger partial charge in [-0.15, -0.1) is 6.42 Å². The fourth-order valence-electron chi connectivity index (χ4n) is 2.94. The first-order valence-corrected chi connectivity index (χ1v) is 8.47. The number of para-hydroxylation sites is 1. The number of terminal acetylenes is 1. The molecule has 0 saturated heterocycles. The van der Waals surface area contributed by atoms with E-state index in [2.05, 4.69) is 21.5 Å². The van der Waals surface area contributed by atoms with Crippen molar-refractivity contribution in [1.29, 1.82) is 5.26 Å². The van der Waals surface area contributed by atoms with Crippen LogP contribution in [0.4, 0.5) is 5.69 Å². The van der Waals surface area contributed by atoms with Gasteiger partial charge < -0.3 is 15.2 Å². The number of hydrogen-bond donors (Lipinski definition) is 3. The monoisotopic (exact) mass is 360 g/mol. The maximum absolute atomic E-state index is 10.9. The highest BCUT2D eigenvalue weighted by Gasteiger charge is 2.43. The molecular formula is C21H20N4O2. The Morgan fingerprint density at radius 1 is 1.26 bits per heavy atom. The van der Waals surface area contributed by atoms with Gasteiger partial charge in [0.25, 0.3) is 0 Å². The van der Waals surface area contributed by atoms with Crippen LogP contribution in [0.25, 0.3) is 0 Å².